The van der Waals surface area contributed by atoms with Crippen LogP contribution in [0.25, 0.3) is 5.82 Å². The Balaban J connectivity index is 1.60. The van der Waals surface area contributed by atoms with Crippen molar-refractivity contribution in [3.05, 3.63) is 45.7 Å². The number of carbonyl (C=O) groups is 1. The van der Waals surface area contributed by atoms with Gasteiger partial charge >= 0.3 is 0 Å². The van der Waals surface area contributed by atoms with Gasteiger partial charge in [-0.25, -0.2) is 9.67 Å². The van der Waals surface area contributed by atoms with Crippen LogP contribution in [0.15, 0.2) is 40.0 Å². The second-order valence-corrected chi connectivity index (χ2v) is 7.45. The SMILES string of the molecule is O=C(NCc1cn(-c2ccc(Br)cn2)nn1)C1=CCC(Cl)S1. The third-order valence-corrected chi connectivity index (χ3v) is 4.85. The van der Waals surface area contributed by atoms with Gasteiger partial charge in [0.15, 0.2) is 5.82 Å². The quantitative estimate of drug-likeness (QED) is 0.799. The number of hydrogen-bond donors (Lipinski definition) is 1. The molecule has 1 amide bonds. The van der Waals surface area contributed by atoms with E-state index in [1.807, 2.05) is 18.2 Å². The first-order chi connectivity index (χ1) is 10.6. The monoisotopic (exact) mass is 399 g/mol. The summed E-state index contributed by atoms with van der Waals surface area (Å²) in [5.41, 5.74) is 0.657. The van der Waals surface area contributed by atoms with Crippen LogP contribution < -0.4 is 5.32 Å². The van der Waals surface area contributed by atoms with Crippen LogP contribution in [0.2, 0.25) is 0 Å². The van der Waals surface area contributed by atoms with Gasteiger partial charge in [-0.1, -0.05) is 11.3 Å². The molecule has 1 aliphatic heterocycles. The highest BCUT2D eigenvalue weighted by atomic mass is 79.9. The molecule has 0 bridgehead atoms. The largest absolute Gasteiger partial charge is 0.346 e. The van der Waals surface area contributed by atoms with Crippen molar-refractivity contribution in [2.24, 2.45) is 0 Å². The average Bonchev–Trinajstić information content (AvgIpc) is 3.15. The maximum absolute atomic E-state index is 11.9. The van der Waals surface area contributed by atoms with Crippen LogP contribution in [0.3, 0.4) is 0 Å². The number of alkyl halides is 1. The molecule has 114 valence electrons. The Morgan fingerprint density at radius 3 is 3.09 bits per heavy atom. The highest BCUT2D eigenvalue weighted by Crippen LogP contribution is 2.34. The third kappa shape index (κ3) is 3.68. The molecule has 1 atom stereocenters. The van der Waals surface area contributed by atoms with Crippen molar-refractivity contribution in [1.29, 1.82) is 0 Å². The molecule has 2 aromatic rings. The van der Waals surface area contributed by atoms with Crippen LogP contribution >= 0.6 is 39.3 Å². The summed E-state index contributed by atoms with van der Waals surface area (Å²) in [5, 5.41) is 10.8. The van der Waals surface area contributed by atoms with E-state index in [0.717, 1.165) is 4.47 Å². The van der Waals surface area contributed by atoms with E-state index in [0.29, 0.717) is 29.4 Å². The Hall–Kier alpha value is -1.38. The highest BCUT2D eigenvalue weighted by molar-refractivity contribution is 9.10. The summed E-state index contributed by atoms with van der Waals surface area (Å²) < 4.78 is 2.40. The summed E-state index contributed by atoms with van der Waals surface area (Å²) in [5.74, 6) is 0.525. The standard InChI is InChI=1S/C13H11BrClN5OS/c14-8-1-4-12(16-5-8)20-7-9(18-19-20)6-17-13(21)10-2-3-11(15)22-10/h1-2,4-5,7,11H,3,6H2,(H,17,21). The fourth-order valence-corrected chi connectivity index (χ4v) is 3.28. The van der Waals surface area contributed by atoms with Gasteiger partial charge in [-0.3, -0.25) is 4.79 Å². The Morgan fingerprint density at radius 2 is 2.41 bits per heavy atom. The molecular formula is C13H11BrClN5OS. The number of amides is 1. The van der Waals surface area contributed by atoms with Gasteiger partial charge in [-0.15, -0.1) is 28.5 Å². The zero-order chi connectivity index (χ0) is 15.5. The fourth-order valence-electron chi connectivity index (χ4n) is 1.83. The summed E-state index contributed by atoms with van der Waals surface area (Å²) in [6.45, 7) is 0.306. The highest BCUT2D eigenvalue weighted by Gasteiger charge is 2.20. The predicted octanol–water partition coefficient (Wildman–Crippen LogP) is 2.63. The summed E-state index contributed by atoms with van der Waals surface area (Å²) in [6.07, 6.45) is 5.97. The van der Waals surface area contributed by atoms with Crippen molar-refractivity contribution < 1.29 is 4.79 Å². The first kappa shape index (κ1) is 15.5. The first-order valence-corrected chi connectivity index (χ1v) is 8.55. The molecule has 0 aliphatic carbocycles. The second-order valence-electron chi connectivity index (χ2n) is 4.50. The van der Waals surface area contributed by atoms with E-state index in [4.69, 9.17) is 11.6 Å². The van der Waals surface area contributed by atoms with Gasteiger partial charge < -0.3 is 5.32 Å². The number of allylic oxidation sites excluding steroid dienone is 1. The van der Waals surface area contributed by atoms with E-state index < -0.39 is 0 Å². The number of rotatable bonds is 4. The van der Waals surface area contributed by atoms with Gasteiger partial charge in [-0.05, 0) is 34.5 Å². The lowest BCUT2D eigenvalue weighted by Crippen LogP contribution is -2.23. The minimum atomic E-state index is -0.135. The molecule has 0 aromatic carbocycles. The van der Waals surface area contributed by atoms with Gasteiger partial charge in [0.25, 0.3) is 5.91 Å². The van der Waals surface area contributed by atoms with E-state index in [1.165, 1.54) is 11.8 Å². The maximum atomic E-state index is 11.9. The topological polar surface area (TPSA) is 72.7 Å². The molecule has 0 saturated carbocycles. The average molecular weight is 401 g/mol. The van der Waals surface area contributed by atoms with Crippen molar-refractivity contribution in [3.63, 3.8) is 0 Å². The lowest BCUT2D eigenvalue weighted by atomic mass is 10.4. The number of nitrogens with one attached hydrogen (secondary N) is 1. The number of carbonyl (C=O) groups excluding carboxylic acids is 1. The number of nitrogens with zero attached hydrogens (tertiary/aromatic N) is 4. The summed E-state index contributed by atoms with van der Waals surface area (Å²) in [4.78, 5) is 16.8. The Kier molecular flexibility index (Phi) is 4.80. The Morgan fingerprint density at radius 1 is 1.55 bits per heavy atom. The molecule has 22 heavy (non-hydrogen) atoms. The second kappa shape index (κ2) is 6.80. The Labute approximate surface area is 144 Å². The van der Waals surface area contributed by atoms with Crippen molar-refractivity contribution in [2.45, 2.75) is 17.7 Å². The smallest absolute Gasteiger partial charge is 0.257 e. The Bertz CT molecular complexity index is 717. The number of halogens is 2. The molecule has 1 N–H and O–H groups in total. The lowest BCUT2D eigenvalue weighted by molar-refractivity contribution is -0.116. The first-order valence-electron chi connectivity index (χ1n) is 6.44. The molecule has 0 fully saturated rings. The molecule has 9 heteroatoms. The van der Waals surface area contributed by atoms with Gasteiger partial charge in [0.1, 0.15) is 5.69 Å². The normalized spacial score (nSPS) is 17.4. The third-order valence-electron chi connectivity index (χ3n) is 2.88. The van der Waals surface area contributed by atoms with Gasteiger partial charge in [0.05, 0.1) is 22.4 Å². The van der Waals surface area contributed by atoms with Gasteiger partial charge in [0.2, 0.25) is 0 Å². The fraction of sp³-hybridized carbons (Fsp3) is 0.231. The molecule has 2 aromatic heterocycles. The zero-order valence-electron chi connectivity index (χ0n) is 11.2. The number of hydrogen-bond acceptors (Lipinski definition) is 5. The molecule has 0 saturated heterocycles. The van der Waals surface area contributed by atoms with Crippen molar-refractivity contribution in [1.82, 2.24) is 25.3 Å². The van der Waals surface area contributed by atoms with Crippen LogP contribution in [-0.4, -0.2) is 30.6 Å². The van der Waals surface area contributed by atoms with E-state index >= 15 is 0 Å². The molecule has 1 unspecified atom stereocenters. The molecule has 0 spiro atoms. The van der Waals surface area contributed by atoms with E-state index in [1.54, 1.807) is 17.1 Å². The van der Waals surface area contributed by atoms with Crippen LogP contribution in [-0.2, 0) is 11.3 Å². The van der Waals surface area contributed by atoms with Crippen molar-refractivity contribution >= 4 is 45.2 Å². The van der Waals surface area contributed by atoms with Crippen molar-refractivity contribution in [3.8, 4) is 5.82 Å². The number of pyridine rings is 1. The lowest BCUT2D eigenvalue weighted by Gasteiger charge is -2.03. The van der Waals surface area contributed by atoms with Crippen molar-refractivity contribution in [2.75, 3.05) is 0 Å². The van der Waals surface area contributed by atoms with Crippen LogP contribution in [0.1, 0.15) is 12.1 Å². The maximum Gasteiger partial charge on any atom is 0.257 e. The van der Waals surface area contributed by atoms with Crippen LogP contribution in [0.5, 0.6) is 0 Å². The molecule has 3 rings (SSSR count). The molecular weight excluding hydrogens is 390 g/mol. The zero-order valence-corrected chi connectivity index (χ0v) is 14.4. The minimum absolute atomic E-state index is 0.0508. The summed E-state index contributed by atoms with van der Waals surface area (Å²) in [6, 6.07) is 3.69. The van der Waals surface area contributed by atoms with Crippen LogP contribution in [0, 0.1) is 0 Å². The molecule has 3 heterocycles. The van der Waals surface area contributed by atoms with E-state index in [2.05, 4.69) is 36.5 Å². The summed E-state index contributed by atoms with van der Waals surface area (Å²) >= 11 is 10.6. The molecule has 6 nitrogen and oxygen atoms in total. The van der Waals surface area contributed by atoms with Gasteiger partial charge in [0, 0.05) is 10.7 Å². The number of aromatic nitrogens is 4. The molecule has 0 radical (unpaired) electrons. The minimum Gasteiger partial charge on any atom is -0.346 e. The van der Waals surface area contributed by atoms with Crippen LogP contribution in [0.4, 0.5) is 0 Å². The number of thioether (sulfide) groups is 1. The predicted molar refractivity (Wildman–Crippen MR) is 88.6 cm³/mol. The van der Waals surface area contributed by atoms with E-state index in [9.17, 15) is 4.79 Å². The molecule has 1 aliphatic rings. The van der Waals surface area contributed by atoms with Gasteiger partial charge in [-0.2, -0.15) is 0 Å². The summed E-state index contributed by atoms with van der Waals surface area (Å²) in [7, 11) is 0. The van der Waals surface area contributed by atoms with E-state index in [-0.39, 0.29) is 10.6 Å².